The van der Waals surface area contributed by atoms with E-state index in [-0.39, 0.29) is 24.9 Å². The standard InChI is InChI=1S/C27H26N4O4/c1-30(19-25(32)28-17-22-11-8-16-35-22)26(33)15-14-20-18-31(21-9-4-3-5-10-21)29-27(20)23-12-6-7-13-24(23)34-2/h3-16,18H,17,19H2,1-2H3,(H,28,32). The van der Waals surface area contributed by atoms with Crippen LogP contribution in [0.4, 0.5) is 0 Å². The van der Waals surface area contributed by atoms with Crippen molar-refractivity contribution in [3.8, 4) is 22.7 Å². The van der Waals surface area contributed by atoms with Crippen molar-refractivity contribution in [2.75, 3.05) is 20.7 Å². The Balaban J connectivity index is 1.52. The second-order valence-electron chi connectivity index (χ2n) is 7.80. The van der Waals surface area contributed by atoms with Crippen LogP contribution in [0.15, 0.2) is 89.7 Å². The van der Waals surface area contributed by atoms with Gasteiger partial charge in [-0.2, -0.15) is 5.10 Å². The molecule has 0 saturated heterocycles. The number of aromatic nitrogens is 2. The Labute approximate surface area is 203 Å². The number of hydrogen-bond donors (Lipinski definition) is 1. The van der Waals surface area contributed by atoms with Crippen LogP contribution in [-0.2, 0) is 16.1 Å². The quantitative estimate of drug-likeness (QED) is 0.375. The second-order valence-corrected chi connectivity index (χ2v) is 7.80. The van der Waals surface area contributed by atoms with E-state index in [2.05, 4.69) is 5.32 Å². The molecule has 0 radical (unpaired) electrons. The molecule has 0 unspecified atom stereocenters. The van der Waals surface area contributed by atoms with Crippen molar-refractivity contribution in [3.63, 3.8) is 0 Å². The summed E-state index contributed by atoms with van der Waals surface area (Å²) in [4.78, 5) is 26.3. The Morgan fingerprint density at radius 1 is 1.09 bits per heavy atom. The van der Waals surface area contributed by atoms with E-state index in [1.807, 2.05) is 60.8 Å². The van der Waals surface area contributed by atoms with Gasteiger partial charge in [0.2, 0.25) is 11.8 Å². The number of nitrogens with zero attached hydrogens (tertiary/aromatic N) is 3. The summed E-state index contributed by atoms with van der Waals surface area (Å²) < 4.78 is 12.5. The van der Waals surface area contributed by atoms with E-state index in [0.29, 0.717) is 17.2 Å². The summed E-state index contributed by atoms with van der Waals surface area (Å²) in [5, 5.41) is 7.50. The van der Waals surface area contributed by atoms with Gasteiger partial charge in [0, 0.05) is 30.4 Å². The number of nitrogens with one attached hydrogen (secondary N) is 1. The van der Waals surface area contributed by atoms with Gasteiger partial charge in [-0.25, -0.2) is 4.68 Å². The zero-order valence-electron chi connectivity index (χ0n) is 19.5. The number of ether oxygens (including phenoxy) is 1. The number of amides is 2. The maximum absolute atomic E-state index is 12.7. The van der Waals surface area contributed by atoms with Crippen molar-refractivity contribution >= 4 is 17.9 Å². The van der Waals surface area contributed by atoms with Crippen molar-refractivity contribution in [2.24, 2.45) is 0 Å². The average molecular weight is 471 g/mol. The van der Waals surface area contributed by atoms with Gasteiger partial charge < -0.3 is 19.4 Å². The molecular formula is C27H26N4O4. The molecule has 0 saturated carbocycles. The molecule has 4 rings (SSSR count). The van der Waals surface area contributed by atoms with Gasteiger partial charge in [-0.15, -0.1) is 0 Å². The van der Waals surface area contributed by atoms with Gasteiger partial charge in [0.25, 0.3) is 0 Å². The maximum atomic E-state index is 12.7. The predicted molar refractivity (Wildman–Crippen MR) is 133 cm³/mol. The lowest BCUT2D eigenvalue weighted by molar-refractivity contribution is -0.131. The van der Waals surface area contributed by atoms with Crippen LogP contribution in [0.1, 0.15) is 11.3 Å². The zero-order chi connectivity index (χ0) is 24.6. The Morgan fingerprint density at radius 3 is 2.60 bits per heavy atom. The molecule has 0 spiro atoms. The minimum Gasteiger partial charge on any atom is -0.496 e. The Kier molecular flexibility index (Phi) is 7.42. The molecule has 2 aromatic carbocycles. The highest BCUT2D eigenvalue weighted by atomic mass is 16.5. The van der Waals surface area contributed by atoms with Crippen molar-refractivity contribution < 1.29 is 18.7 Å². The highest BCUT2D eigenvalue weighted by Gasteiger charge is 2.16. The molecule has 8 nitrogen and oxygen atoms in total. The lowest BCUT2D eigenvalue weighted by Crippen LogP contribution is -2.37. The first kappa shape index (κ1) is 23.6. The third-order valence-corrected chi connectivity index (χ3v) is 5.33. The summed E-state index contributed by atoms with van der Waals surface area (Å²) in [7, 11) is 3.19. The van der Waals surface area contributed by atoms with Crippen LogP contribution in [0.25, 0.3) is 23.0 Å². The normalized spacial score (nSPS) is 10.9. The first-order valence-corrected chi connectivity index (χ1v) is 11.1. The van der Waals surface area contributed by atoms with Gasteiger partial charge in [0.15, 0.2) is 0 Å². The van der Waals surface area contributed by atoms with E-state index < -0.39 is 0 Å². The van der Waals surface area contributed by atoms with Crippen LogP contribution in [0.2, 0.25) is 0 Å². The molecule has 178 valence electrons. The third-order valence-electron chi connectivity index (χ3n) is 5.33. The number of furan rings is 1. The molecule has 0 bridgehead atoms. The molecule has 2 amide bonds. The lowest BCUT2D eigenvalue weighted by Gasteiger charge is -2.14. The number of carbonyl (C=O) groups excluding carboxylic acids is 2. The number of para-hydroxylation sites is 2. The molecule has 4 aromatic rings. The molecule has 0 atom stereocenters. The van der Waals surface area contributed by atoms with Crippen LogP contribution in [0.5, 0.6) is 5.75 Å². The summed E-state index contributed by atoms with van der Waals surface area (Å²) in [5.41, 5.74) is 3.11. The second kappa shape index (κ2) is 11.0. The van der Waals surface area contributed by atoms with E-state index in [1.54, 1.807) is 43.3 Å². The van der Waals surface area contributed by atoms with E-state index in [1.165, 1.54) is 11.0 Å². The molecule has 0 aliphatic rings. The predicted octanol–water partition coefficient (Wildman–Crippen LogP) is 3.93. The minimum absolute atomic E-state index is 0.0769. The van der Waals surface area contributed by atoms with Gasteiger partial charge in [-0.1, -0.05) is 30.3 Å². The van der Waals surface area contributed by atoms with E-state index in [4.69, 9.17) is 14.3 Å². The molecule has 0 aliphatic carbocycles. The lowest BCUT2D eigenvalue weighted by atomic mass is 10.1. The third kappa shape index (κ3) is 5.86. The van der Waals surface area contributed by atoms with Gasteiger partial charge in [-0.3, -0.25) is 9.59 Å². The SMILES string of the molecule is COc1ccccc1-c1nn(-c2ccccc2)cc1C=CC(=O)N(C)CC(=O)NCc1ccco1. The highest BCUT2D eigenvalue weighted by Crippen LogP contribution is 2.32. The first-order valence-electron chi connectivity index (χ1n) is 11.1. The van der Waals surface area contributed by atoms with Crippen LogP contribution >= 0.6 is 0 Å². The molecule has 8 heteroatoms. The summed E-state index contributed by atoms with van der Waals surface area (Å²) in [6.45, 7) is 0.192. The van der Waals surface area contributed by atoms with Crippen LogP contribution in [0, 0.1) is 0 Å². The van der Waals surface area contributed by atoms with Crippen molar-refractivity contribution in [3.05, 3.63) is 96.6 Å². The van der Waals surface area contributed by atoms with Crippen LogP contribution < -0.4 is 10.1 Å². The highest BCUT2D eigenvalue weighted by molar-refractivity contribution is 5.95. The van der Waals surface area contributed by atoms with Crippen molar-refractivity contribution in [1.29, 1.82) is 0 Å². The number of likely N-dealkylation sites (N-methyl/N-ethyl adjacent to an activating group) is 1. The molecule has 1 N–H and O–H groups in total. The van der Waals surface area contributed by atoms with Crippen molar-refractivity contribution in [2.45, 2.75) is 6.54 Å². The van der Waals surface area contributed by atoms with Gasteiger partial charge in [-0.05, 0) is 42.5 Å². The fourth-order valence-corrected chi connectivity index (χ4v) is 3.51. The molecule has 2 heterocycles. The smallest absolute Gasteiger partial charge is 0.246 e. The monoisotopic (exact) mass is 470 g/mol. The number of rotatable bonds is 9. The number of benzene rings is 2. The number of carbonyl (C=O) groups is 2. The van der Waals surface area contributed by atoms with E-state index in [9.17, 15) is 9.59 Å². The minimum atomic E-state index is -0.309. The molecule has 0 fully saturated rings. The van der Waals surface area contributed by atoms with Crippen LogP contribution in [0.3, 0.4) is 0 Å². The van der Waals surface area contributed by atoms with Crippen LogP contribution in [-0.4, -0.2) is 47.2 Å². The largest absolute Gasteiger partial charge is 0.496 e. The topological polar surface area (TPSA) is 89.6 Å². The Hall–Kier alpha value is -4.59. The first-order chi connectivity index (χ1) is 17.0. The molecule has 0 aliphatic heterocycles. The fraction of sp³-hybridized carbons (Fsp3) is 0.148. The van der Waals surface area contributed by atoms with Gasteiger partial charge >= 0.3 is 0 Å². The Bertz CT molecular complexity index is 1310. The summed E-state index contributed by atoms with van der Waals surface area (Å²) >= 11 is 0. The summed E-state index contributed by atoms with van der Waals surface area (Å²) in [5.74, 6) is 0.734. The van der Waals surface area contributed by atoms with Gasteiger partial charge in [0.1, 0.15) is 17.2 Å². The number of methoxy groups -OCH3 is 1. The number of hydrogen-bond acceptors (Lipinski definition) is 5. The molecular weight excluding hydrogens is 444 g/mol. The summed E-state index contributed by atoms with van der Waals surface area (Å²) in [6.07, 6.45) is 6.54. The van der Waals surface area contributed by atoms with E-state index in [0.717, 1.165) is 16.8 Å². The maximum Gasteiger partial charge on any atom is 0.246 e. The Morgan fingerprint density at radius 2 is 1.86 bits per heavy atom. The van der Waals surface area contributed by atoms with Crippen molar-refractivity contribution in [1.82, 2.24) is 20.0 Å². The average Bonchev–Trinajstić information content (AvgIpc) is 3.56. The molecule has 2 aromatic heterocycles. The van der Waals surface area contributed by atoms with Gasteiger partial charge in [0.05, 0.1) is 32.1 Å². The summed E-state index contributed by atoms with van der Waals surface area (Å²) in [6, 6.07) is 20.8. The fourth-order valence-electron chi connectivity index (χ4n) is 3.51. The zero-order valence-corrected chi connectivity index (χ0v) is 19.5. The molecule has 35 heavy (non-hydrogen) atoms. The van der Waals surface area contributed by atoms with E-state index >= 15 is 0 Å².